The number of hydrogen-bond donors (Lipinski definition) is 2. The molecule has 1 aliphatic rings. The summed E-state index contributed by atoms with van der Waals surface area (Å²) in [6.45, 7) is 0.705. The highest BCUT2D eigenvalue weighted by molar-refractivity contribution is 6.42. The lowest BCUT2D eigenvalue weighted by molar-refractivity contribution is -0.117. The van der Waals surface area contributed by atoms with Crippen molar-refractivity contribution in [1.29, 1.82) is 0 Å². The zero-order chi connectivity index (χ0) is 17.4. The van der Waals surface area contributed by atoms with Crippen molar-refractivity contribution in [3.63, 3.8) is 0 Å². The molecule has 0 fully saturated rings. The maximum Gasteiger partial charge on any atom is 0.232 e. The fraction of sp³-hybridized carbons (Fsp3) is 0.158. The van der Waals surface area contributed by atoms with Crippen LogP contribution in [0.4, 0.5) is 11.4 Å². The Bertz CT molecular complexity index is 969. The molecule has 0 radical (unpaired) electrons. The van der Waals surface area contributed by atoms with E-state index in [0.29, 0.717) is 28.7 Å². The van der Waals surface area contributed by atoms with Gasteiger partial charge in [0.1, 0.15) is 0 Å². The van der Waals surface area contributed by atoms with Crippen LogP contribution in [0, 0.1) is 0 Å². The van der Waals surface area contributed by atoms with Crippen molar-refractivity contribution in [2.45, 2.75) is 12.3 Å². The number of halogens is 2. The monoisotopic (exact) mass is 371 g/mol. The van der Waals surface area contributed by atoms with Gasteiger partial charge in [0.2, 0.25) is 5.91 Å². The van der Waals surface area contributed by atoms with Crippen molar-refractivity contribution in [2.24, 2.45) is 0 Å². The fourth-order valence-corrected chi connectivity index (χ4v) is 3.55. The minimum Gasteiger partial charge on any atom is -0.385 e. The van der Waals surface area contributed by atoms with Gasteiger partial charge in [-0.15, -0.1) is 0 Å². The smallest absolute Gasteiger partial charge is 0.232 e. The lowest BCUT2D eigenvalue weighted by Crippen LogP contribution is -2.27. The number of amides is 1. The third kappa shape index (κ3) is 3.03. The molecule has 1 amide bonds. The minimum absolute atomic E-state index is 0.0701. The molecule has 0 aliphatic carbocycles. The molecule has 1 atom stereocenters. The third-order valence-electron chi connectivity index (χ3n) is 4.46. The van der Waals surface area contributed by atoms with E-state index < -0.39 is 0 Å². The Labute approximate surface area is 155 Å². The first-order chi connectivity index (χ1) is 12.1. The van der Waals surface area contributed by atoms with E-state index in [1.165, 1.54) is 0 Å². The largest absolute Gasteiger partial charge is 0.385 e. The topological polar surface area (TPSA) is 54.0 Å². The van der Waals surface area contributed by atoms with Gasteiger partial charge in [-0.25, -0.2) is 0 Å². The predicted molar refractivity (Wildman–Crippen MR) is 103 cm³/mol. The van der Waals surface area contributed by atoms with Gasteiger partial charge >= 0.3 is 0 Å². The van der Waals surface area contributed by atoms with Crippen LogP contribution in [0.2, 0.25) is 10.0 Å². The summed E-state index contributed by atoms with van der Waals surface area (Å²) in [6.07, 6.45) is 4.15. The fourth-order valence-electron chi connectivity index (χ4n) is 3.22. The Morgan fingerprint density at radius 2 is 1.96 bits per heavy atom. The van der Waals surface area contributed by atoms with Crippen LogP contribution in [0.25, 0.3) is 10.8 Å². The van der Waals surface area contributed by atoms with Gasteiger partial charge in [-0.1, -0.05) is 47.5 Å². The SMILES string of the molecule is O=C(Nc1cncc2ccccc12)C1CCNc2cc(Cl)c(Cl)cc21. The highest BCUT2D eigenvalue weighted by Crippen LogP contribution is 2.38. The lowest BCUT2D eigenvalue weighted by Gasteiger charge is -2.26. The van der Waals surface area contributed by atoms with Crippen LogP contribution in [0.15, 0.2) is 48.8 Å². The summed E-state index contributed by atoms with van der Waals surface area (Å²) in [4.78, 5) is 17.1. The summed E-state index contributed by atoms with van der Waals surface area (Å²) < 4.78 is 0. The van der Waals surface area contributed by atoms with E-state index >= 15 is 0 Å². The predicted octanol–water partition coefficient (Wildman–Crippen LogP) is 5.08. The zero-order valence-corrected chi connectivity index (χ0v) is 14.7. The number of aromatic nitrogens is 1. The zero-order valence-electron chi connectivity index (χ0n) is 13.2. The summed E-state index contributed by atoms with van der Waals surface area (Å²) in [5, 5.41) is 9.18. The van der Waals surface area contributed by atoms with E-state index in [9.17, 15) is 4.79 Å². The molecule has 4 rings (SSSR count). The second-order valence-corrected chi connectivity index (χ2v) is 6.83. The number of hydrogen-bond acceptors (Lipinski definition) is 3. The van der Waals surface area contributed by atoms with E-state index in [-0.39, 0.29) is 11.8 Å². The molecule has 0 saturated carbocycles. The molecule has 2 N–H and O–H groups in total. The van der Waals surface area contributed by atoms with Crippen LogP contribution in [0.5, 0.6) is 0 Å². The van der Waals surface area contributed by atoms with Gasteiger partial charge in [0.25, 0.3) is 0 Å². The van der Waals surface area contributed by atoms with Crippen LogP contribution in [0.1, 0.15) is 17.9 Å². The van der Waals surface area contributed by atoms with Crippen molar-refractivity contribution in [1.82, 2.24) is 4.98 Å². The molecule has 0 saturated heterocycles. The summed E-state index contributed by atoms with van der Waals surface area (Å²) in [6, 6.07) is 11.4. The van der Waals surface area contributed by atoms with Crippen molar-refractivity contribution in [3.05, 3.63) is 64.4 Å². The maximum atomic E-state index is 12.9. The minimum atomic E-state index is -0.287. The van der Waals surface area contributed by atoms with E-state index in [2.05, 4.69) is 15.6 Å². The van der Waals surface area contributed by atoms with Crippen LogP contribution >= 0.6 is 23.2 Å². The molecular formula is C19H15Cl2N3O. The number of nitrogens with one attached hydrogen (secondary N) is 2. The summed E-state index contributed by atoms with van der Waals surface area (Å²) in [5.74, 6) is -0.357. The number of rotatable bonds is 2. The number of carbonyl (C=O) groups excluding carboxylic acids is 1. The van der Waals surface area contributed by atoms with Crippen molar-refractivity contribution >= 4 is 51.3 Å². The second kappa shape index (κ2) is 6.54. The van der Waals surface area contributed by atoms with Crippen molar-refractivity contribution < 1.29 is 4.79 Å². The average molecular weight is 372 g/mol. The molecule has 3 aromatic rings. The molecule has 0 bridgehead atoms. The highest BCUT2D eigenvalue weighted by atomic mass is 35.5. The molecule has 1 aromatic heterocycles. The number of pyridine rings is 1. The van der Waals surface area contributed by atoms with Crippen LogP contribution in [0.3, 0.4) is 0 Å². The maximum absolute atomic E-state index is 12.9. The van der Waals surface area contributed by atoms with Crippen molar-refractivity contribution in [3.8, 4) is 0 Å². The summed E-state index contributed by atoms with van der Waals surface area (Å²) in [5.41, 5.74) is 2.44. The number of carbonyl (C=O) groups is 1. The summed E-state index contributed by atoms with van der Waals surface area (Å²) >= 11 is 12.2. The van der Waals surface area contributed by atoms with Crippen LogP contribution < -0.4 is 10.6 Å². The number of benzene rings is 2. The molecule has 6 heteroatoms. The first-order valence-electron chi connectivity index (χ1n) is 8.00. The Balaban J connectivity index is 1.67. The summed E-state index contributed by atoms with van der Waals surface area (Å²) in [7, 11) is 0. The molecule has 4 nitrogen and oxygen atoms in total. The Morgan fingerprint density at radius 3 is 2.84 bits per heavy atom. The first-order valence-corrected chi connectivity index (χ1v) is 8.75. The molecular weight excluding hydrogens is 357 g/mol. The average Bonchev–Trinajstić information content (AvgIpc) is 2.62. The Hall–Kier alpha value is -2.30. The number of nitrogens with zero attached hydrogens (tertiary/aromatic N) is 1. The first kappa shape index (κ1) is 16.2. The molecule has 25 heavy (non-hydrogen) atoms. The number of fused-ring (bicyclic) bond motifs is 2. The van der Waals surface area contributed by atoms with Crippen LogP contribution in [-0.2, 0) is 4.79 Å². The molecule has 2 aromatic carbocycles. The normalized spacial score (nSPS) is 16.2. The Kier molecular flexibility index (Phi) is 4.24. The van der Waals surface area contributed by atoms with Gasteiger partial charge in [0.15, 0.2) is 0 Å². The molecule has 2 heterocycles. The van der Waals surface area contributed by atoms with Gasteiger partial charge in [0.05, 0.1) is 27.8 Å². The second-order valence-electron chi connectivity index (χ2n) is 6.02. The van der Waals surface area contributed by atoms with Gasteiger partial charge in [-0.05, 0) is 24.1 Å². The van der Waals surface area contributed by atoms with E-state index in [1.54, 1.807) is 24.5 Å². The van der Waals surface area contributed by atoms with Gasteiger partial charge in [-0.2, -0.15) is 0 Å². The lowest BCUT2D eigenvalue weighted by atomic mass is 9.90. The van der Waals surface area contributed by atoms with Crippen LogP contribution in [-0.4, -0.2) is 17.4 Å². The van der Waals surface area contributed by atoms with Crippen molar-refractivity contribution in [2.75, 3.05) is 17.2 Å². The third-order valence-corrected chi connectivity index (χ3v) is 5.18. The van der Waals surface area contributed by atoms with Gasteiger partial charge < -0.3 is 10.6 Å². The Morgan fingerprint density at radius 1 is 1.16 bits per heavy atom. The highest BCUT2D eigenvalue weighted by Gasteiger charge is 2.28. The van der Waals surface area contributed by atoms with E-state index in [1.807, 2.05) is 24.3 Å². The molecule has 1 unspecified atom stereocenters. The molecule has 1 aliphatic heterocycles. The molecule has 0 spiro atoms. The van der Waals surface area contributed by atoms with E-state index in [4.69, 9.17) is 23.2 Å². The van der Waals surface area contributed by atoms with Gasteiger partial charge in [0, 0.05) is 29.2 Å². The molecule has 126 valence electrons. The van der Waals surface area contributed by atoms with Gasteiger partial charge in [-0.3, -0.25) is 9.78 Å². The standard InChI is InChI=1S/C19H15Cl2N3O/c20-15-7-14-13(5-6-23-17(14)8-16(15)21)19(25)24-18-10-22-9-11-3-1-2-4-12(11)18/h1-4,7-10,13,23H,5-6H2,(H,24,25). The number of anilines is 2. The quantitative estimate of drug-likeness (QED) is 0.660. The van der Waals surface area contributed by atoms with E-state index in [0.717, 1.165) is 22.0 Å².